The summed E-state index contributed by atoms with van der Waals surface area (Å²) in [5.74, 6) is 0.762. The molecular weight excluding hydrogens is 232 g/mol. The van der Waals surface area contributed by atoms with E-state index in [0.29, 0.717) is 12.1 Å². The van der Waals surface area contributed by atoms with Gasteiger partial charge in [-0.2, -0.15) is 0 Å². The monoisotopic (exact) mass is 260 g/mol. The van der Waals surface area contributed by atoms with E-state index in [1.807, 2.05) is 0 Å². The SMILES string of the molecule is CC(CCc1ccccc1)NC1CCN(C)CC1C. The Labute approximate surface area is 118 Å². The number of nitrogens with zero attached hydrogens (tertiary/aromatic N) is 1. The molecule has 1 aliphatic rings. The van der Waals surface area contributed by atoms with Gasteiger partial charge in [-0.3, -0.25) is 0 Å². The van der Waals surface area contributed by atoms with Gasteiger partial charge in [0.05, 0.1) is 0 Å². The number of hydrogen-bond donors (Lipinski definition) is 1. The van der Waals surface area contributed by atoms with Crippen LogP contribution in [0.1, 0.15) is 32.3 Å². The zero-order chi connectivity index (χ0) is 13.7. The normalized spacial score (nSPS) is 26.3. The van der Waals surface area contributed by atoms with E-state index >= 15 is 0 Å². The highest BCUT2D eigenvalue weighted by molar-refractivity contribution is 5.14. The number of aryl methyl sites for hydroxylation is 1. The van der Waals surface area contributed by atoms with Crippen LogP contribution in [0.15, 0.2) is 30.3 Å². The molecule has 1 aromatic rings. The Bertz CT molecular complexity index is 363. The second kappa shape index (κ2) is 7.06. The van der Waals surface area contributed by atoms with E-state index in [-0.39, 0.29) is 0 Å². The minimum Gasteiger partial charge on any atom is -0.311 e. The first kappa shape index (κ1) is 14.5. The average molecular weight is 260 g/mol. The highest BCUT2D eigenvalue weighted by Crippen LogP contribution is 2.16. The largest absolute Gasteiger partial charge is 0.311 e. The smallest absolute Gasteiger partial charge is 0.0119 e. The molecule has 0 radical (unpaired) electrons. The van der Waals surface area contributed by atoms with Crippen LogP contribution >= 0.6 is 0 Å². The van der Waals surface area contributed by atoms with E-state index in [1.54, 1.807) is 0 Å². The molecule has 2 heteroatoms. The predicted molar refractivity (Wildman–Crippen MR) is 82.4 cm³/mol. The Hall–Kier alpha value is -0.860. The van der Waals surface area contributed by atoms with Gasteiger partial charge in [0.15, 0.2) is 0 Å². The summed E-state index contributed by atoms with van der Waals surface area (Å²) in [7, 11) is 2.23. The van der Waals surface area contributed by atoms with Gasteiger partial charge in [-0.05, 0) is 51.3 Å². The Kier molecular flexibility index (Phi) is 5.41. The fourth-order valence-corrected chi connectivity index (χ4v) is 3.08. The molecular formula is C17H28N2. The standard InChI is InChI=1S/C17H28N2/c1-14-13-19(3)12-11-17(14)18-15(2)9-10-16-7-5-4-6-8-16/h4-8,14-15,17-18H,9-13H2,1-3H3. The van der Waals surface area contributed by atoms with Crippen molar-refractivity contribution in [1.82, 2.24) is 10.2 Å². The summed E-state index contributed by atoms with van der Waals surface area (Å²) >= 11 is 0. The number of benzene rings is 1. The first-order valence-corrected chi connectivity index (χ1v) is 7.63. The summed E-state index contributed by atoms with van der Waals surface area (Å²) in [4.78, 5) is 2.44. The van der Waals surface area contributed by atoms with E-state index in [0.717, 1.165) is 5.92 Å². The van der Waals surface area contributed by atoms with E-state index in [4.69, 9.17) is 0 Å². The number of piperidine rings is 1. The number of hydrogen-bond acceptors (Lipinski definition) is 2. The van der Waals surface area contributed by atoms with Gasteiger partial charge in [0, 0.05) is 18.6 Å². The second-order valence-corrected chi connectivity index (χ2v) is 6.23. The Morgan fingerprint density at radius 3 is 2.74 bits per heavy atom. The summed E-state index contributed by atoms with van der Waals surface area (Å²) in [5, 5.41) is 3.83. The molecule has 106 valence electrons. The van der Waals surface area contributed by atoms with Crippen LogP contribution in [-0.4, -0.2) is 37.1 Å². The van der Waals surface area contributed by atoms with Crippen LogP contribution < -0.4 is 5.32 Å². The lowest BCUT2D eigenvalue weighted by Crippen LogP contribution is -2.49. The number of rotatable bonds is 5. The molecule has 0 aliphatic carbocycles. The van der Waals surface area contributed by atoms with Gasteiger partial charge in [-0.25, -0.2) is 0 Å². The van der Waals surface area contributed by atoms with E-state index in [2.05, 4.69) is 61.4 Å². The second-order valence-electron chi connectivity index (χ2n) is 6.23. The fraction of sp³-hybridized carbons (Fsp3) is 0.647. The van der Waals surface area contributed by atoms with Crippen molar-refractivity contribution in [2.75, 3.05) is 20.1 Å². The summed E-state index contributed by atoms with van der Waals surface area (Å²) in [5.41, 5.74) is 1.45. The van der Waals surface area contributed by atoms with Gasteiger partial charge >= 0.3 is 0 Å². The maximum absolute atomic E-state index is 3.83. The van der Waals surface area contributed by atoms with Crippen molar-refractivity contribution in [2.45, 2.75) is 45.2 Å². The molecule has 0 amide bonds. The number of nitrogens with one attached hydrogen (secondary N) is 1. The molecule has 0 saturated carbocycles. The lowest BCUT2D eigenvalue weighted by Gasteiger charge is -2.37. The van der Waals surface area contributed by atoms with Crippen LogP contribution in [-0.2, 0) is 6.42 Å². The van der Waals surface area contributed by atoms with Gasteiger partial charge in [-0.15, -0.1) is 0 Å². The zero-order valence-corrected chi connectivity index (χ0v) is 12.6. The highest BCUT2D eigenvalue weighted by atomic mass is 15.1. The summed E-state index contributed by atoms with van der Waals surface area (Å²) in [6, 6.07) is 12.1. The van der Waals surface area contributed by atoms with Crippen LogP contribution in [0.4, 0.5) is 0 Å². The Morgan fingerprint density at radius 1 is 1.32 bits per heavy atom. The van der Waals surface area contributed by atoms with Crippen LogP contribution in [0.5, 0.6) is 0 Å². The molecule has 2 nitrogen and oxygen atoms in total. The van der Waals surface area contributed by atoms with Gasteiger partial charge in [-0.1, -0.05) is 37.3 Å². The third-order valence-corrected chi connectivity index (χ3v) is 4.32. The van der Waals surface area contributed by atoms with Crippen molar-refractivity contribution in [3.05, 3.63) is 35.9 Å². The molecule has 0 spiro atoms. The average Bonchev–Trinajstić information content (AvgIpc) is 2.41. The van der Waals surface area contributed by atoms with Crippen LogP contribution in [0, 0.1) is 5.92 Å². The minimum atomic E-state index is 0.607. The molecule has 3 unspecified atom stereocenters. The number of likely N-dealkylation sites (tertiary alicyclic amines) is 1. The van der Waals surface area contributed by atoms with Gasteiger partial charge < -0.3 is 10.2 Å². The van der Waals surface area contributed by atoms with Crippen LogP contribution in [0.3, 0.4) is 0 Å². The van der Waals surface area contributed by atoms with Crippen LogP contribution in [0.25, 0.3) is 0 Å². The van der Waals surface area contributed by atoms with Crippen molar-refractivity contribution in [3.8, 4) is 0 Å². The Balaban J connectivity index is 1.73. The Morgan fingerprint density at radius 2 is 2.05 bits per heavy atom. The summed E-state index contributed by atoms with van der Waals surface area (Å²) in [6.45, 7) is 7.15. The van der Waals surface area contributed by atoms with Crippen molar-refractivity contribution in [1.29, 1.82) is 0 Å². The highest BCUT2D eigenvalue weighted by Gasteiger charge is 2.24. The zero-order valence-electron chi connectivity index (χ0n) is 12.6. The molecule has 1 heterocycles. The lowest BCUT2D eigenvalue weighted by atomic mass is 9.93. The van der Waals surface area contributed by atoms with E-state index in [9.17, 15) is 0 Å². The topological polar surface area (TPSA) is 15.3 Å². The van der Waals surface area contributed by atoms with E-state index < -0.39 is 0 Å². The van der Waals surface area contributed by atoms with Crippen molar-refractivity contribution in [3.63, 3.8) is 0 Å². The molecule has 1 fully saturated rings. The molecule has 19 heavy (non-hydrogen) atoms. The quantitative estimate of drug-likeness (QED) is 0.875. The lowest BCUT2D eigenvalue weighted by molar-refractivity contribution is 0.166. The molecule has 1 saturated heterocycles. The van der Waals surface area contributed by atoms with Crippen molar-refractivity contribution in [2.24, 2.45) is 5.92 Å². The molecule has 0 aromatic heterocycles. The van der Waals surface area contributed by atoms with E-state index in [1.165, 1.54) is 37.9 Å². The van der Waals surface area contributed by atoms with Gasteiger partial charge in [0.2, 0.25) is 0 Å². The fourth-order valence-electron chi connectivity index (χ4n) is 3.08. The van der Waals surface area contributed by atoms with Gasteiger partial charge in [0.25, 0.3) is 0 Å². The minimum absolute atomic E-state index is 0.607. The van der Waals surface area contributed by atoms with Crippen molar-refractivity contribution < 1.29 is 0 Å². The predicted octanol–water partition coefficient (Wildman–Crippen LogP) is 2.94. The maximum atomic E-state index is 3.83. The third-order valence-electron chi connectivity index (χ3n) is 4.32. The molecule has 3 atom stereocenters. The third kappa shape index (κ3) is 4.63. The maximum Gasteiger partial charge on any atom is 0.0119 e. The first-order valence-electron chi connectivity index (χ1n) is 7.63. The summed E-state index contributed by atoms with van der Waals surface area (Å²) in [6.07, 6.45) is 3.69. The molecule has 1 N–H and O–H groups in total. The molecule has 1 aromatic carbocycles. The molecule has 2 rings (SSSR count). The van der Waals surface area contributed by atoms with Crippen LogP contribution in [0.2, 0.25) is 0 Å². The first-order chi connectivity index (χ1) is 9.15. The molecule has 1 aliphatic heterocycles. The van der Waals surface area contributed by atoms with Gasteiger partial charge in [0.1, 0.15) is 0 Å². The molecule has 0 bridgehead atoms. The summed E-state index contributed by atoms with van der Waals surface area (Å²) < 4.78 is 0. The van der Waals surface area contributed by atoms with Crippen molar-refractivity contribution >= 4 is 0 Å².